The van der Waals surface area contributed by atoms with Crippen molar-refractivity contribution in [2.24, 2.45) is 21.5 Å². The van der Waals surface area contributed by atoms with Crippen molar-refractivity contribution in [2.45, 2.75) is 22.7 Å². The Hall–Kier alpha value is -3.04. The van der Waals surface area contributed by atoms with Crippen molar-refractivity contribution in [3.8, 4) is 0 Å². The van der Waals surface area contributed by atoms with Crippen molar-refractivity contribution in [1.29, 1.82) is 0 Å². The lowest BCUT2D eigenvalue weighted by atomic mass is 10.1. The zero-order chi connectivity index (χ0) is 20.4. The predicted octanol–water partition coefficient (Wildman–Crippen LogP) is 3.18. The highest BCUT2D eigenvalue weighted by Crippen LogP contribution is 2.40. The number of pyridine rings is 1. The molecule has 2 aliphatic rings. The van der Waals surface area contributed by atoms with Gasteiger partial charge in [-0.15, -0.1) is 11.8 Å². The summed E-state index contributed by atoms with van der Waals surface area (Å²) in [6, 6.07) is 15.2. The van der Waals surface area contributed by atoms with Crippen LogP contribution >= 0.6 is 23.4 Å². The van der Waals surface area contributed by atoms with E-state index in [-0.39, 0.29) is 28.3 Å². The topological polar surface area (TPSA) is 119 Å². The van der Waals surface area contributed by atoms with Crippen molar-refractivity contribution >= 4 is 41.2 Å². The molecule has 0 saturated carbocycles. The first-order valence-electron chi connectivity index (χ1n) is 8.74. The van der Waals surface area contributed by atoms with Crippen LogP contribution in [0.3, 0.4) is 0 Å². The van der Waals surface area contributed by atoms with Gasteiger partial charge in [-0.1, -0.05) is 35.9 Å². The third-order valence-corrected chi connectivity index (χ3v) is 5.82. The molecule has 4 rings (SSSR count). The third kappa shape index (κ3) is 4.06. The molecule has 0 radical (unpaired) electrons. The quantitative estimate of drug-likeness (QED) is 0.724. The maximum Gasteiger partial charge on any atom is 0.411 e. The van der Waals surface area contributed by atoms with E-state index >= 15 is 0 Å². The van der Waals surface area contributed by atoms with E-state index in [1.165, 1.54) is 0 Å². The van der Waals surface area contributed by atoms with Gasteiger partial charge in [-0.2, -0.15) is 4.99 Å². The molecular weight excluding hydrogens is 412 g/mol. The van der Waals surface area contributed by atoms with Gasteiger partial charge in [0, 0.05) is 17.5 Å². The van der Waals surface area contributed by atoms with Gasteiger partial charge in [0.15, 0.2) is 11.0 Å². The zero-order valence-electron chi connectivity index (χ0n) is 15.1. The predicted molar refractivity (Wildman–Crippen MR) is 112 cm³/mol. The van der Waals surface area contributed by atoms with Crippen molar-refractivity contribution in [3.63, 3.8) is 0 Å². The largest absolute Gasteiger partial charge is 0.411 e. The van der Waals surface area contributed by atoms with Crippen LogP contribution in [0.15, 0.2) is 80.6 Å². The van der Waals surface area contributed by atoms with Crippen LogP contribution in [0.2, 0.25) is 0 Å². The normalized spacial score (nSPS) is 21.2. The molecule has 2 aromatic rings. The van der Waals surface area contributed by atoms with E-state index in [2.05, 4.69) is 9.98 Å². The molecule has 0 bridgehead atoms. The second-order valence-corrected chi connectivity index (χ2v) is 7.84. The number of carbonyl (C=O) groups is 1. The SMILES string of the molecule is NC(=O)OC1=NC(Cl)=C(N)N2C1=NC(c1ccccn1)CC2Sc1ccccc1. The zero-order valence-corrected chi connectivity index (χ0v) is 16.7. The van der Waals surface area contributed by atoms with Crippen LogP contribution in [-0.4, -0.2) is 33.1 Å². The number of fused-ring (bicyclic) bond motifs is 1. The Labute approximate surface area is 176 Å². The highest BCUT2D eigenvalue weighted by atomic mass is 35.5. The smallest absolute Gasteiger partial charge is 0.387 e. The summed E-state index contributed by atoms with van der Waals surface area (Å²) in [5, 5.41) is -0.178. The number of benzene rings is 1. The van der Waals surface area contributed by atoms with Crippen molar-refractivity contribution in [1.82, 2.24) is 9.88 Å². The Morgan fingerprint density at radius 1 is 1.21 bits per heavy atom. The molecule has 3 heterocycles. The van der Waals surface area contributed by atoms with E-state index in [9.17, 15) is 4.79 Å². The number of amidine groups is 1. The van der Waals surface area contributed by atoms with E-state index in [1.54, 1.807) is 22.9 Å². The first-order valence-corrected chi connectivity index (χ1v) is 10.00. The van der Waals surface area contributed by atoms with Crippen LogP contribution in [-0.2, 0) is 4.74 Å². The second-order valence-electron chi connectivity index (χ2n) is 6.23. The Kier molecular flexibility index (Phi) is 5.41. The molecule has 1 aromatic heterocycles. The average molecular weight is 429 g/mol. The minimum atomic E-state index is -1.01. The molecule has 148 valence electrons. The number of thioether (sulfide) groups is 1. The van der Waals surface area contributed by atoms with Crippen LogP contribution in [0.25, 0.3) is 0 Å². The molecule has 10 heteroatoms. The van der Waals surface area contributed by atoms with E-state index in [1.807, 2.05) is 48.5 Å². The molecule has 0 fully saturated rings. The van der Waals surface area contributed by atoms with Crippen LogP contribution in [0.5, 0.6) is 0 Å². The highest BCUT2D eigenvalue weighted by Gasteiger charge is 2.40. The number of halogens is 1. The molecule has 8 nitrogen and oxygen atoms in total. The second kappa shape index (κ2) is 8.14. The number of nitrogens with zero attached hydrogens (tertiary/aromatic N) is 4. The molecule has 2 unspecified atom stereocenters. The first-order chi connectivity index (χ1) is 14.0. The maximum atomic E-state index is 11.4. The standard InChI is InChI=1S/C19H17ClN6O2S/c20-15-16(21)26-14(29-11-6-2-1-3-7-11)10-13(12-8-4-5-9-23-12)24-17(26)18(25-15)28-19(22)27/h1-9,13-14H,10,21H2,(H2,22,27). The summed E-state index contributed by atoms with van der Waals surface area (Å²) in [7, 11) is 0. The molecule has 0 spiro atoms. The number of hydrogen-bond acceptors (Lipinski definition) is 8. The van der Waals surface area contributed by atoms with Crippen LogP contribution < -0.4 is 11.5 Å². The molecule has 0 aliphatic carbocycles. The Bertz CT molecular complexity index is 1010. The summed E-state index contributed by atoms with van der Waals surface area (Å²) in [4.78, 5) is 27.4. The third-order valence-electron chi connectivity index (χ3n) is 4.32. The number of aromatic nitrogens is 1. The van der Waals surface area contributed by atoms with Gasteiger partial charge in [0.1, 0.15) is 5.82 Å². The Balaban J connectivity index is 1.78. The van der Waals surface area contributed by atoms with Crippen LogP contribution in [0, 0.1) is 0 Å². The average Bonchev–Trinajstić information content (AvgIpc) is 2.72. The van der Waals surface area contributed by atoms with Crippen LogP contribution in [0.1, 0.15) is 18.2 Å². The summed E-state index contributed by atoms with van der Waals surface area (Å²) in [6.07, 6.45) is 1.31. The maximum absolute atomic E-state index is 11.4. The number of nitrogens with two attached hydrogens (primary N) is 2. The number of amides is 1. The number of carbonyl (C=O) groups excluding carboxylic acids is 1. The molecule has 0 saturated heterocycles. The molecule has 1 aromatic carbocycles. The number of primary amides is 1. The van der Waals surface area contributed by atoms with Gasteiger partial charge in [0.2, 0.25) is 0 Å². The summed E-state index contributed by atoms with van der Waals surface area (Å²) in [5.41, 5.74) is 12.2. The van der Waals surface area contributed by atoms with Crippen molar-refractivity contribution < 1.29 is 9.53 Å². The fourth-order valence-electron chi connectivity index (χ4n) is 3.10. The molecule has 2 aliphatic heterocycles. The number of ether oxygens (including phenoxy) is 1. The summed E-state index contributed by atoms with van der Waals surface area (Å²) >= 11 is 7.80. The van der Waals surface area contributed by atoms with Crippen LogP contribution in [0.4, 0.5) is 4.79 Å². The number of hydrogen-bond donors (Lipinski definition) is 2. The molecular formula is C19H17ClN6O2S. The number of aliphatic imine (C=N–C) groups is 2. The first kappa shape index (κ1) is 19.3. The minimum Gasteiger partial charge on any atom is -0.387 e. The lowest BCUT2D eigenvalue weighted by Crippen LogP contribution is -2.51. The van der Waals surface area contributed by atoms with Gasteiger partial charge in [-0.3, -0.25) is 14.9 Å². The monoisotopic (exact) mass is 428 g/mol. The van der Waals surface area contributed by atoms with Gasteiger partial charge in [0.25, 0.3) is 5.90 Å². The Morgan fingerprint density at radius 2 is 1.97 bits per heavy atom. The van der Waals surface area contributed by atoms with E-state index in [4.69, 9.17) is 32.8 Å². The fourth-order valence-corrected chi connectivity index (χ4v) is 4.49. The lowest BCUT2D eigenvalue weighted by molar-refractivity contribution is 0.208. The molecule has 4 N–H and O–H groups in total. The van der Waals surface area contributed by atoms with E-state index in [0.717, 1.165) is 10.6 Å². The molecule has 29 heavy (non-hydrogen) atoms. The highest BCUT2D eigenvalue weighted by molar-refractivity contribution is 8.00. The molecule has 1 amide bonds. The fraction of sp³-hybridized carbons (Fsp3) is 0.158. The summed E-state index contributed by atoms with van der Waals surface area (Å²) in [6.45, 7) is 0. The van der Waals surface area contributed by atoms with Gasteiger partial charge >= 0.3 is 6.09 Å². The Morgan fingerprint density at radius 3 is 2.66 bits per heavy atom. The van der Waals surface area contributed by atoms with Gasteiger partial charge in [-0.05, 0) is 24.3 Å². The minimum absolute atomic E-state index is 0.00940. The van der Waals surface area contributed by atoms with E-state index < -0.39 is 6.09 Å². The number of rotatable bonds is 3. The lowest BCUT2D eigenvalue weighted by Gasteiger charge is -2.40. The summed E-state index contributed by atoms with van der Waals surface area (Å²) in [5.74, 6) is 0.437. The molecule has 2 atom stereocenters. The van der Waals surface area contributed by atoms with Crippen molar-refractivity contribution in [2.75, 3.05) is 0 Å². The van der Waals surface area contributed by atoms with Gasteiger partial charge < -0.3 is 16.2 Å². The van der Waals surface area contributed by atoms with Gasteiger partial charge in [-0.25, -0.2) is 4.79 Å². The van der Waals surface area contributed by atoms with Gasteiger partial charge in [0.05, 0.1) is 17.1 Å². The summed E-state index contributed by atoms with van der Waals surface area (Å²) < 4.78 is 5.07. The van der Waals surface area contributed by atoms with E-state index in [0.29, 0.717) is 12.3 Å². The van der Waals surface area contributed by atoms with Crippen molar-refractivity contribution in [3.05, 3.63) is 71.4 Å².